The number of methoxy groups -OCH3 is 1. The van der Waals surface area contributed by atoms with Gasteiger partial charge in [0.05, 0.1) is 26.2 Å². The normalized spacial score (nSPS) is 22.1. The zero-order valence-electron chi connectivity index (χ0n) is 16.2. The average Bonchev–Trinajstić information content (AvgIpc) is 3.15. The predicted octanol–water partition coefficient (Wildman–Crippen LogP) is 2.79. The van der Waals surface area contributed by atoms with Crippen molar-refractivity contribution in [3.63, 3.8) is 0 Å². The van der Waals surface area contributed by atoms with Gasteiger partial charge >= 0.3 is 0 Å². The van der Waals surface area contributed by atoms with E-state index in [1.165, 1.54) is 12.1 Å². The highest BCUT2D eigenvalue weighted by molar-refractivity contribution is 6.00. The van der Waals surface area contributed by atoms with Crippen LogP contribution in [0.15, 0.2) is 48.5 Å². The van der Waals surface area contributed by atoms with Gasteiger partial charge in [-0.2, -0.15) is 0 Å². The van der Waals surface area contributed by atoms with Gasteiger partial charge in [-0.25, -0.2) is 4.39 Å². The van der Waals surface area contributed by atoms with Crippen LogP contribution in [-0.2, 0) is 14.3 Å². The molecule has 2 heterocycles. The first-order valence-electron chi connectivity index (χ1n) is 9.65. The van der Waals surface area contributed by atoms with Crippen molar-refractivity contribution in [1.29, 1.82) is 0 Å². The Morgan fingerprint density at radius 3 is 2.52 bits per heavy atom. The molecule has 152 valence electrons. The number of carbonyl (C=O) groups is 2. The number of anilines is 1. The fraction of sp³-hybridized carbons (Fsp3) is 0.364. The van der Waals surface area contributed by atoms with Crippen LogP contribution in [0.1, 0.15) is 18.1 Å². The molecule has 0 aromatic heterocycles. The smallest absolute Gasteiger partial charge is 0.228 e. The molecule has 2 unspecified atom stereocenters. The first-order chi connectivity index (χ1) is 14.0. The quantitative estimate of drug-likeness (QED) is 0.795. The van der Waals surface area contributed by atoms with Crippen molar-refractivity contribution < 1.29 is 23.5 Å². The Balaban J connectivity index is 1.42. The minimum Gasteiger partial charge on any atom is -0.497 e. The summed E-state index contributed by atoms with van der Waals surface area (Å²) < 4.78 is 24.1. The van der Waals surface area contributed by atoms with Crippen molar-refractivity contribution in [2.45, 2.75) is 12.5 Å². The van der Waals surface area contributed by atoms with Gasteiger partial charge in [0, 0.05) is 25.2 Å². The minimum absolute atomic E-state index is 0.0372. The SMILES string of the molecule is COc1ccc(N2CC(C(=O)N3CCOC(c4ccc(F)cc4)C3)CC2=O)cc1. The largest absolute Gasteiger partial charge is 0.497 e. The molecule has 2 fully saturated rings. The molecule has 2 aliphatic rings. The molecular formula is C22H23FN2O4. The molecular weight excluding hydrogens is 375 g/mol. The average molecular weight is 398 g/mol. The van der Waals surface area contributed by atoms with Crippen molar-refractivity contribution in [2.75, 3.05) is 38.3 Å². The van der Waals surface area contributed by atoms with E-state index in [2.05, 4.69) is 0 Å². The van der Waals surface area contributed by atoms with Crippen molar-refractivity contribution in [3.8, 4) is 5.75 Å². The summed E-state index contributed by atoms with van der Waals surface area (Å²) in [7, 11) is 1.59. The van der Waals surface area contributed by atoms with Crippen LogP contribution in [0.25, 0.3) is 0 Å². The van der Waals surface area contributed by atoms with E-state index >= 15 is 0 Å². The van der Waals surface area contributed by atoms with E-state index in [-0.39, 0.29) is 36.1 Å². The summed E-state index contributed by atoms with van der Waals surface area (Å²) in [5, 5.41) is 0. The summed E-state index contributed by atoms with van der Waals surface area (Å²) >= 11 is 0. The number of benzene rings is 2. The van der Waals surface area contributed by atoms with Gasteiger partial charge in [-0.05, 0) is 42.0 Å². The Morgan fingerprint density at radius 2 is 1.83 bits per heavy atom. The highest BCUT2D eigenvalue weighted by Crippen LogP contribution is 2.29. The number of carbonyl (C=O) groups excluding carboxylic acids is 2. The molecule has 0 aliphatic carbocycles. The molecule has 4 rings (SSSR count). The molecule has 2 aromatic carbocycles. The molecule has 0 bridgehead atoms. The summed E-state index contributed by atoms with van der Waals surface area (Å²) in [6.07, 6.45) is -0.0909. The molecule has 2 saturated heterocycles. The highest BCUT2D eigenvalue weighted by Gasteiger charge is 2.38. The number of hydrogen-bond donors (Lipinski definition) is 0. The summed E-state index contributed by atoms with van der Waals surface area (Å²) in [4.78, 5) is 29.0. The Morgan fingerprint density at radius 1 is 1.10 bits per heavy atom. The number of amides is 2. The van der Waals surface area contributed by atoms with E-state index in [0.717, 1.165) is 11.3 Å². The highest BCUT2D eigenvalue weighted by atomic mass is 19.1. The van der Waals surface area contributed by atoms with Gasteiger partial charge in [0.15, 0.2) is 0 Å². The van der Waals surface area contributed by atoms with Crippen LogP contribution in [0.3, 0.4) is 0 Å². The number of nitrogens with zero attached hydrogens (tertiary/aromatic N) is 2. The van der Waals surface area contributed by atoms with Crippen LogP contribution in [0.5, 0.6) is 5.75 Å². The zero-order valence-corrected chi connectivity index (χ0v) is 16.2. The van der Waals surface area contributed by atoms with Crippen molar-refractivity contribution in [2.24, 2.45) is 5.92 Å². The van der Waals surface area contributed by atoms with Gasteiger partial charge in [-0.1, -0.05) is 12.1 Å². The lowest BCUT2D eigenvalue weighted by Gasteiger charge is -2.34. The second-order valence-electron chi connectivity index (χ2n) is 7.30. The van der Waals surface area contributed by atoms with E-state index in [1.807, 2.05) is 12.1 Å². The Kier molecular flexibility index (Phi) is 5.49. The Hall–Kier alpha value is -2.93. The van der Waals surface area contributed by atoms with Gasteiger partial charge < -0.3 is 19.3 Å². The first-order valence-corrected chi connectivity index (χ1v) is 9.65. The van der Waals surface area contributed by atoms with E-state index in [0.29, 0.717) is 32.0 Å². The summed E-state index contributed by atoms with van der Waals surface area (Å²) in [5.74, 6) is -0.0630. The lowest BCUT2D eigenvalue weighted by Crippen LogP contribution is -2.45. The molecule has 0 spiro atoms. The number of halogens is 1. The summed E-state index contributed by atoms with van der Waals surface area (Å²) in [6, 6.07) is 13.4. The van der Waals surface area contributed by atoms with Crippen LogP contribution in [0, 0.1) is 11.7 Å². The van der Waals surface area contributed by atoms with E-state index in [4.69, 9.17) is 9.47 Å². The molecule has 7 heteroatoms. The van der Waals surface area contributed by atoms with Crippen LogP contribution in [0.2, 0.25) is 0 Å². The van der Waals surface area contributed by atoms with Gasteiger partial charge in [0.1, 0.15) is 17.7 Å². The van der Waals surface area contributed by atoms with Crippen molar-refractivity contribution in [3.05, 3.63) is 59.9 Å². The van der Waals surface area contributed by atoms with Gasteiger partial charge in [-0.15, -0.1) is 0 Å². The molecule has 2 aliphatic heterocycles. The third kappa shape index (κ3) is 4.10. The number of morpholine rings is 1. The monoisotopic (exact) mass is 398 g/mol. The molecule has 0 radical (unpaired) electrons. The maximum absolute atomic E-state index is 13.2. The summed E-state index contributed by atoms with van der Waals surface area (Å²) in [6.45, 7) is 1.67. The molecule has 2 amide bonds. The Bertz CT molecular complexity index is 885. The van der Waals surface area contributed by atoms with E-state index < -0.39 is 0 Å². The fourth-order valence-electron chi connectivity index (χ4n) is 3.87. The van der Waals surface area contributed by atoms with Crippen LogP contribution in [-0.4, -0.2) is 50.1 Å². The second kappa shape index (κ2) is 8.21. The molecule has 29 heavy (non-hydrogen) atoms. The topological polar surface area (TPSA) is 59.1 Å². The van der Waals surface area contributed by atoms with Gasteiger partial charge in [0.25, 0.3) is 0 Å². The molecule has 0 N–H and O–H groups in total. The lowest BCUT2D eigenvalue weighted by molar-refractivity contribution is -0.143. The van der Waals surface area contributed by atoms with E-state index in [1.54, 1.807) is 41.2 Å². The predicted molar refractivity (Wildman–Crippen MR) is 105 cm³/mol. The van der Waals surface area contributed by atoms with Crippen LogP contribution < -0.4 is 9.64 Å². The first kappa shape index (κ1) is 19.4. The van der Waals surface area contributed by atoms with E-state index in [9.17, 15) is 14.0 Å². The third-order valence-corrected chi connectivity index (χ3v) is 5.48. The summed E-state index contributed by atoms with van der Waals surface area (Å²) in [5.41, 5.74) is 1.60. The van der Waals surface area contributed by atoms with Crippen LogP contribution in [0.4, 0.5) is 10.1 Å². The van der Waals surface area contributed by atoms with Crippen LogP contribution >= 0.6 is 0 Å². The van der Waals surface area contributed by atoms with Crippen molar-refractivity contribution >= 4 is 17.5 Å². The molecule has 2 atom stereocenters. The third-order valence-electron chi connectivity index (χ3n) is 5.48. The van der Waals surface area contributed by atoms with Gasteiger partial charge in [0.2, 0.25) is 11.8 Å². The second-order valence-corrected chi connectivity index (χ2v) is 7.30. The molecule has 2 aromatic rings. The maximum atomic E-state index is 13.2. The fourth-order valence-corrected chi connectivity index (χ4v) is 3.87. The molecule has 0 saturated carbocycles. The maximum Gasteiger partial charge on any atom is 0.228 e. The van der Waals surface area contributed by atoms with Crippen molar-refractivity contribution in [1.82, 2.24) is 4.90 Å². The zero-order chi connectivity index (χ0) is 20.4. The van der Waals surface area contributed by atoms with Gasteiger partial charge in [-0.3, -0.25) is 9.59 Å². The Labute approximate surface area is 168 Å². The minimum atomic E-state index is -0.378. The number of hydrogen-bond acceptors (Lipinski definition) is 4. The molecule has 6 nitrogen and oxygen atoms in total. The standard InChI is InChI=1S/C22H23FN2O4/c1-28-19-8-6-18(7-9-19)25-13-16(12-21(25)26)22(27)24-10-11-29-20(14-24)15-2-4-17(23)5-3-15/h2-9,16,20H,10-14H2,1H3. The number of rotatable bonds is 4. The number of ether oxygens (including phenoxy) is 2. The lowest BCUT2D eigenvalue weighted by atomic mass is 10.0.